The maximum absolute atomic E-state index is 11.9. The predicted molar refractivity (Wildman–Crippen MR) is 80.4 cm³/mol. The number of carboxylic acid groups (broad SMARTS) is 1. The first-order valence-corrected chi connectivity index (χ1v) is 6.78. The zero-order chi connectivity index (χ0) is 16.4. The smallest absolute Gasteiger partial charge is 0.308 e. The molecule has 0 aliphatic rings. The highest BCUT2D eigenvalue weighted by Crippen LogP contribution is 2.05. The first-order chi connectivity index (χ1) is 10.6. The Kier molecular flexibility index (Phi) is 7.68. The molecule has 0 radical (unpaired) electrons. The van der Waals surface area contributed by atoms with Crippen molar-refractivity contribution < 1.29 is 24.5 Å². The van der Waals surface area contributed by atoms with Gasteiger partial charge in [0.05, 0.1) is 12.5 Å². The molecule has 1 amide bonds. The molecule has 0 aromatic heterocycles. The summed E-state index contributed by atoms with van der Waals surface area (Å²) in [4.78, 5) is 22.6. The van der Waals surface area contributed by atoms with Gasteiger partial charge < -0.3 is 20.3 Å². The molecule has 0 heterocycles. The number of aliphatic hydroxyl groups is 1. The van der Waals surface area contributed by atoms with Crippen LogP contribution in [-0.2, 0) is 9.53 Å². The highest BCUT2D eigenvalue weighted by Gasteiger charge is 2.16. The quantitative estimate of drug-likeness (QED) is 0.637. The van der Waals surface area contributed by atoms with Crippen LogP contribution < -0.4 is 5.32 Å². The van der Waals surface area contributed by atoms with Crippen LogP contribution in [0.3, 0.4) is 0 Å². The molecule has 22 heavy (non-hydrogen) atoms. The standard InChI is InChI=1S/C16H19NO5/c1-22-10-2-3-12-4-6-13(7-5-12)15(19)17-9-8-14(11-18)16(20)21/h4-7,14,18H,8-11H2,1H3,(H,17,19)(H,20,21)/t14-/m0/s1. The molecule has 6 heteroatoms. The number of amides is 1. The van der Waals surface area contributed by atoms with Gasteiger partial charge in [0.25, 0.3) is 5.91 Å². The minimum Gasteiger partial charge on any atom is -0.481 e. The molecule has 0 aliphatic carbocycles. The average Bonchev–Trinajstić information content (AvgIpc) is 2.52. The van der Waals surface area contributed by atoms with Crippen molar-refractivity contribution in [3.63, 3.8) is 0 Å². The first-order valence-electron chi connectivity index (χ1n) is 6.78. The molecule has 1 aromatic carbocycles. The van der Waals surface area contributed by atoms with E-state index in [-0.39, 0.29) is 18.9 Å². The number of methoxy groups -OCH3 is 1. The maximum atomic E-state index is 11.9. The van der Waals surface area contributed by atoms with Crippen LogP contribution >= 0.6 is 0 Å². The second-order valence-corrected chi connectivity index (χ2v) is 4.57. The van der Waals surface area contributed by atoms with E-state index in [2.05, 4.69) is 17.2 Å². The van der Waals surface area contributed by atoms with Crippen molar-refractivity contribution in [1.82, 2.24) is 5.32 Å². The molecule has 0 aliphatic heterocycles. The van der Waals surface area contributed by atoms with Gasteiger partial charge in [0.15, 0.2) is 0 Å². The third-order valence-electron chi connectivity index (χ3n) is 2.94. The topological polar surface area (TPSA) is 95.9 Å². The Balaban J connectivity index is 2.49. The Morgan fingerprint density at radius 2 is 2.00 bits per heavy atom. The third kappa shape index (κ3) is 5.95. The fourth-order valence-electron chi connectivity index (χ4n) is 1.67. The fourth-order valence-corrected chi connectivity index (χ4v) is 1.67. The summed E-state index contributed by atoms with van der Waals surface area (Å²) in [7, 11) is 1.56. The van der Waals surface area contributed by atoms with Crippen molar-refractivity contribution in [2.24, 2.45) is 5.92 Å². The zero-order valence-corrected chi connectivity index (χ0v) is 12.3. The van der Waals surface area contributed by atoms with Gasteiger partial charge in [-0.15, -0.1) is 0 Å². The number of aliphatic hydroxyl groups excluding tert-OH is 1. The van der Waals surface area contributed by atoms with Gasteiger partial charge in [0.1, 0.15) is 6.61 Å². The summed E-state index contributed by atoms with van der Waals surface area (Å²) < 4.78 is 4.82. The molecule has 6 nitrogen and oxygen atoms in total. The predicted octanol–water partition coefficient (Wildman–Crippen LogP) is 0.497. The van der Waals surface area contributed by atoms with Crippen LogP contribution in [0.4, 0.5) is 0 Å². The highest BCUT2D eigenvalue weighted by molar-refractivity contribution is 5.94. The average molecular weight is 305 g/mol. The molecule has 0 bridgehead atoms. The van der Waals surface area contributed by atoms with Crippen LogP contribution in [0.25, 0.3) is 0 Å². The second kappa shape index (κ2) is 9.55. The Hall–Kier alpha value is -2.36. The lowest BCUT2D eigenvalue weighted by atomic mass is 10.1. The molecule has 1 atom stereocenters. The molecule has 0 saturated heterocycles. The molecule has 0 fully saturated rings. The molecule has 0 spiro atoms. The summed E-state index contributed by atoms with van der Waals surface area (Å²) in [5.41, 5.74) is 1.24. The first kappa shape index (κ1) is 17.7. The van der Waals surface area contributed by atoms with Crippen molar-refractivity contribution in [1.29, 1.82) is 0 Å². The Morgan fingerprint density at radius 3 is 2.55 bits per heavy atom. The van der Waals surface area contributed by atoms with Crippen LogP contribution in [0, 0.1) is 17.8 Å². The van der Waals surface area contributed by atoms with Gasteiger partial charge >= 0.3 is 5.97 Å². The molecule has 118 valence electrons. The van der Waals surface area contributed by atoms with E-state index in [1.807, 2.05) is 0 Å². The third-order valence-corrected chi connectivity index (χ3v) is 2.94. The van der Waals surface area contributed by atoms with Crippen molar-refractivity contribution in [3.8, 4) is 11.8 Å². The number of carbonyl (C=O) groups excluding carboxylic acids is 1. The molecular formula is C16H19NO5. The Bertz CT molecular complexity index is 556. The summed E-state index contributed by atoms with van der Waals surface area (Å²) in [6.45, 7) is 0.0869. The van der Waals surface area contributed by atoms with E-state index >= 15 is 0 Å². The number of nitrogens with one attached hydrogen (secondary N) is 1. The van der Waals surface area contributed by atoms with Crippen molar-refractivity contribution in [2.45, 2.75) is 6.42 Å². The van der Waals surface area contributed by atoms with E-state index in [9.17, 15) is 9.59 Å². The lowest BCUT2D eigenvalue weighted by Crippen LogP contribution is -2.29. The number of carboxylic acids is 1. The second-order valence-electron chi connectivity index (χ2n) is 4.57. The molecule has 3 N–H and O–H groups in total. The summed E-state index contributed by atoms with van der Waals surface area (Å²) in [6, 6.07) is 6.75. The summed E-state index contributed by atoms with van der Waals surface area (Å²) >= 11 is 0. The number of hydrogen-bond acceptors (Lipinski definition) is 4. The van der Waals surface area contributed by atoms with Crippen LogP contribution in [0.5, 0.6) is 0 Å². The van der Waals surface area contributed by atoms with E-state index in [1.54, 1.807) is 31.4 Å². The summed E-state index contributed by atoms with van der Waals surface area (Å²) in [6.07, 6.45) is 0.179. The molecule has 1 rings (SSSR count). The van der Waals surface area contributed by atoms with E-state index in [4.69, 9.17) is 14.9 Å². The Morgan fingerprint density at radius 1 is 1.32 bits per heavy atom. The van der Waals surface area contributed by atoms with Gasteiger partial charge in [-0.2, -0.15) is 0 Å². The van der Waals surface area contributed by atoms with Crippen molar-refractivity contribution in [2.75, 3.05) is 26.9 Å². The fraction of sp³-hybridized carbons (Fsp3) is 0.375. The number of carbonyl (C=O) groups is 2. The maximum Gasteiger partial charge on any atom is 0.308 e. The number of aliphatic carboxylic acids is 1. The van der Waals surface area contributed by atoms with Gasteiger partial charge in [-0.25, -0.2) is 0 Å². The normalized spacial score (nSPS) is 11.2. The minimum atomic E-state index is -1.07. The van der Waals surface area contributed by atoms with Crippen LogP contribution in [0.1, 0.15) is 22.3 Å². The monoisotopic (exact) mass is 305 g/mol. The van der Waals surface area contributed by atoms with Gasteiger partial charge in [-0.05, 0) is 30.7 Å². The number of hydrogen-bond donors (Lipinski definition) is 3. The molecular weight excluding hydrogens is 286 g/mol. The zero-order valence-electron chi connectivity index (χ0n) is 12.3. The number of rotatable bonds is 7. The number of ether oxygens (including phenoxy) is 1. The largest absolute Gasteiger partial charge is 0.481 e. The Labute approximate surface area is 129 Å². The van der Waals surface area contributed by atoms with Crippen LogP contribution in [0.15, 0.2) is 24.3 Å². The molecule has 1 aromatic rings. The van der Waals surface area contributed by atoms with Crippen LogP contribution in [0.2, 0.25) is 0 Å². The van der Waals surface area contributed by atoms with Crippen molar-refractivity contribution in [3.05, 3.63) is 35.4 Å². The van der Waals surface area contributed by atoms with E-state index in [0.717, 1.165) is 5.56 Å². The molecule has 0 unspecified atom stereocenters. The van der Waals surface area contributed by atoms with Crippen molar-refractivity contribution >= 4 is 11.9 Å². The lowest BCUT2D eigenvalue weighted by molar-refractivity contribution is -0.143. The SMILES string of the molecule is COCC#Cc1ccc(C(=O)NCC[C@@H](CO)C(=O)O)cc1. The van der Waals surface area contributed by atoms with Gasteiger partial charge in [0, 0.05) is 24.8 Å². The summed E-state index contributed by atoms with van der Waals surface area (Å²) in [5.74, 6) is 3.47. The van der Waals surface area contributed by atoms with E-state index in [1.165, 1.54) is 0 Å². The van der Waals surface area contributed by atoms with Gasteiger partial charge in [0.2, 0.25) is 0 Å². The number of benzene rings is 1. The van der Waals surface area contributed by atoms with E-state index in [0.29, 0.717) is 12.2 Å². The minimum absolute atomic E-state index is 0.179. The summed E-state index contributed by atoms with van der Waals surface area (Å²) in [5, 5.41) is 20.3. The molecule has 0 saturated carbocycles. The van der Waals surface area contributed by atoms with Crippen LogP contribution in [-0.4, -0.2) is 49.0 Å². The van der Waals surface area contributed by atoms with Gasteiger partial charge in [-0.1, -0.05) is 11.8 Å². The highest BCUT2D eigenvalue weighted by atomic mass is 16.5. The van der Waals surface area contributed by atoms with Gasteiger partial charge in [-0.3, -0.25) is 9.59 Å². The lowest BCUT2D eigenvalue weighted by Gasteiger charge is -2.09. The van der Waals surface area contributed by atoms with E-state index < -0.39 is 18.5 Å².